The molecule has 4 atom stereocenters. The van der Waals surface area contributed by atoms with E-state index < -0.39 is 17.8 Å². The van der Waals surface area contributed by atoms with Gasteiger partial charge in [0.1, 0.15) is 5.82 Å². The first-order valence-electron chi connectivity index (χ1n) is 16.1. The van der Waals surface area contributed by atoms with Crippen LogP contribution in [0.25, 0.3) is 10.9 Å². The fourth-order valence-electron chi connectivity index (χ4n) is 7.80. The lowest BCUT2D eigenvalue weighted by atomic mass is 9.76. The van der Waals surface area contributed by atoms with Crippen LogP contribution in [-0.4, -0.2) is 51.8 Å². The second kappa shape index (κ2) is 12.3. The van der Waals surface area contributed by atoms with E-state index in [1.54, 1.807) is 29.9 Å². The van der Waals surface area contributed by atoms with E-state index in [4.69, 9.17) is 4.74 Å². The molecule has 4 aromatic rings. The van der Waals surface area contributed by atoms with E-state index >= 15 is 4.39 Å². The van der Waals surface area contributed by atoms with Gasteiger partial charge >= 0.3 is 0 Å². The molecule has 3 aromatic carbocycles. The zero-order valence-electron chi connectivity index (χ0n) is 25.8. The Balaban J connectivity index is 1.26. The molecular formula is C36H40FN5O3. The molecule has 45 heavy (non-hydrogen) atoms. The number of fused-ring (bicyclic) bond motifs is 2. The highest BCUT2D eigenvalue weighted by Crippen LogP contribution is 2.49. The van der Waals surface area contributed by atoms with Crippen LogP contribution in [0.4, 0.5) is 15.8 Å². The predicted molar refractivity (Wildman–Crippen MR) is 173 cm³/mol. The molecule has 3 fully saturated rings. The Bertz CT molecular complexity index is 1690. The van der Waals surface area contributed by atoms with E-state index in [0.717, 1.165) is 67.5 Å². The standard InChI is InChI=1S/C36H40FN5O3/c1-22-5-3-7-30(37)33(22)36(44)42-32-8-4-6-24(32)20-29(35(43)40-28-13-14-31-25(19-28)21-38-41(31)2)34(42)23-9-11-26(12-10-23)39-27-15-17-45-18-16-27/h3,5,7,9-14,19,21,24,27,29,32,34,39H,4,6,8,15-18,20H2,1-2H3,(H,40,43)/t24-,29+,32-,34+/m1/s1. The number of benzene rings is 3. The molecule has 2 aliphatic heterocycles. The third-order valence-corrected chi connectivity index (χ3v) is 10.1. The van der Waals surface area contributed by atoms with Crippen LogP contribution in [0, 0.1) is 24.6 Å². The van der Waals surface area contributed by atoms with Crippen molar-refractivity contribution >= 4 is 34.1 Å². The second-order valence-electron chi connectivity index (χ2n) is 12.9. The highest BCUT2D eigenvalue weighted by atomic mass is 19.1. The van der Waals surface area contributed by atoms with Crippen LogP contribution in [0.5, 0.6) is 0 Å². The third-order valence-electron chi connectivity index (χ3n) is 10.1. The molecule has 0 bridgehead atoms. The van der Waals surface area contributed by atoms with Gasteiger partial charge in [-0.25, -0.2) is 4.39 Å². The summed E-state index contributed by atoms with van der Waals surface area (Å²) in [6, 6.07) is 18.4. The van der Waals surface area contributed by atoms with Gasteiger partial charge in [0.25, 0.3) is 5.91 Å². The Kier molecular flexibility index (Phi) is 8.04. The summed E-state index contributed by atoms with van der Waals surface area (Å²) >= 11 is 0. The SMILES string of the molecule is Cc1cccc(F)c1C(=O)N1[C@@H]2CCC[C@@H]2C[C@H](C(=O)Nc2ccc3c(cnn3C)c2)[C@@H]1c1ccc(NC2CCOCC2)cc1. The van der Waals surface area contributed by atoms with Crippen molar-refractivity contribution in [3.63, 3.8) is 0 Å². The summed E-state index contributed by atoms with van der Waals surface area (Å²) in [5.74, 6) is -1.35. The number of nitrogens with zero attached hydrogens (tertiary/aromatic N) is 3. The molecule has 9 heteroatoms. The Hall–Kier alpha value is -4.24. The number of hydrogen-bond acceptors (Lipinski definition) is 5. The fourth-order valence-corrected chi connectivity index (χ4v) is 7.80. The normalized spacial score (nSPS) is 23.6. The topological polar surface area (TPSA) is 88.5 Å². The van der Waals surface area contributed by atoms with Crippen LogP contribution < -0.4 is 10.6 Å². The molecule has 8 nitrogen and oxygen atoms in total. The van der Waals surface area contributed by atoms with Crippen LogP contribution >= 0.6 is 0 Å². The van der Waals surface area contributed by atoms with Crippen molar-refractivity contribution in [2.75, 3.05) is 23.8 Å². The van der Waals surface area contributed by atoms with Gasteiger partial charge in [0.2, 0.25) is 5.91 Å². The van der Waals surface area contributed by atoms with Crippen molar-refractivity contribution < 1.29 is 18.7 Å². The number of halogens is 1. The lowest BCUT2D eigenvalue weighted by Crippen LogP contribution is -2.54. The Labute approximate surface area is 262 Å². The molecule has 1 aromatic heterocycles. The number of amides is 2. The molecule has 2 amide bonds. The molecule has 1 saturated carbocycles. The lowest BCUT2D eigenvalue weighted by molar-refractivity contribution is -0.125. The maximum atomic E-state index is 15.3. The Morgan fingerprint density at radius 2 is 1.76 bits per heavy atom. The first-order valence-corrected chi connectivity index (χ1v) is 16.1. The van der Waals surface area contributed by atoms with Gasteiger partial charge in [-0.05, 0) is 92.5 Å². The Morgan fingerprint density at radius 3 is 2.53 bits per heavy atom. The Morgan fingerprint density at radius 1 is 0.978 bits per heavy atom. The van der Waals surface area contributed by atoms with E-state index in [1.165, 1.54) is 6.07 Å². The second-order valence-corrected chi connectivity index (χ2v) is 12.9. The molecule has 2 N–H and O–H groups in total. The lowest BCUT2D eigenvalue weighted by Gasteiger charge is -2.48. The van der Waals surface area contributed by atoms with Crippen LogP contribution in [0.1, 0.15) is 66.1 Å². The van der Waals surface area contributed by atoms with Gasteiger partial charge in [-0.15, -0.1) is 0 Å². The van der Waals surface area contributed by atoms with Crippen LogP contribution in [0.3, 0.4) is 0 Å². The quantitative estimate of drug-likeness (QED) is 0.257. The number of aromatic nitrogens is 2. The molecule has 234 valence electrons. The molecule has 0 radical (unpaired) electrons. The number of ether oxygens (including phenoxy) is 1. The summed E-state index contributed by atoms with van der Waals surface area (Å²) in [6.45, 7) is 3.27. The van der Waals surface area contributed by atoms with Gasteiger partial charge in [0.15, 0.2) is 0 Å². The fraction of sp³-hybridized carbons (Fsp3) is 0.417. The summed E-state index contributed by atoms with van der Waals surface area (Å²) < 4.78 is 22.6. The molecule has 7 rings (SSSR count). The number of nitrogens with one attached hydrogen (secondary N) is 2. The van der Waals surface area contributed by atoms with Gasteiger partial charge in [-0.1, -0.05) is 30.7 Å². The maximum absolute atomic E-state index is 15.3. The van der Waals surface area contributed by atoms with Crippen LogP contribution in [-0.2, 0) is 16.6 Å². The van der Waals surface area contributed by atoms with Gasteiger partial charge in [0.05, 0.1) is 29.2 Å². The monoisotopic (exact) mass is 609 g/mol. The minimum atomic E-state index is -0.546. The summed E-state index contributed by atoms with van der Waals surface area (Å²) in [4.78, 5) is 30.6. The molecular weight excluding hydrogens is 569 g/mol. The van der Waals surface area contributed by atoms with Gasteiger partial charge < -0.3 is 20.3 Å². The van der Waals surface area contributed by atoms with Crippen LogP contribution in [0.15, 0.2) is 66.9 Å². The minimum Gasteiger partial charge on any atom is -0.382 e. The summed E-state index contributed by atoms with van der Waals surface area (Å²) in [5, 5.41) is 12.0. The van der Waals surface area contributed by atoms with E-state index in [0.29, 0.717) is 23.7 Å². The van der Waals surface area contributed by atoms with Crippen molar-refractivity contribution in [3.8, 4) is 0 Å². The molecule has 1 aliphatic carbocycles. The molecule has 0 spiro atoms. The maximum Gasteiger partial charge on any atom is 0.257 e. The van der Waals surface area contributed by atoms with Crippen molar-refractivity contribution in [1.29, 1.82) is 0 Å². The molecule has 2 saturated heterocycles. The number of carbonyl (C=O) groups excluding carboxylic acids is 2. The molecule has 3 heterocycles. The van der Waals surface area contributed by atoms with Crippen molar-refractivity contribution in [2.24, 2.45) is 18.9 Å². The van der Waals surface area contributed by atoms with Gasteiger partial charge in [-0.2, -0.15) is 5.10 Å². The van der Waals surface area contributed by atoms with E-state index in [2.05, 4.69) is 15.7 Å². The average Bonchev–Trinajstić information content (AvgIpc) is 3.67. The largest absolute Gasteiger partial charge is 0.382 e. The first kappa shape index (κ1) is 29.5. The molecule has 3 aliphatic rings. The number of carbonyl (C=O) groups is 2. The van der Waals surface area contributed by atoms with E-state index in [9.17, 15) is 9.59 Å². The number of hydrogen-bond donors (Lipinski definition) is 2. The third kappa shape index (κ3) is 5.70. The van der Waals surface area contributed by atoms with Gasteiger partial charge in [0, 0.05) is 49.1 Å². The highest BCUT2D eigenvalue weighted by molar-refractivity contribution is 5.99. The summed E-state index contributed by atoms with van der Waals surface area (Å²) in [6.07, 6.45) is 7.10. The van der Waals surface area contributed by atoms with E-state index in [1.807, 2.05) is 54.4 Å². The number of anilines is 2. The summed E-state index contributed by atoms with van der Waals surface area (Å²) in [5.41, 5.74) is 4.22. The van der Waals surface area contributed by atoms with Crippen LogP contribution in [0.2, 0.25) is 0 Å². The highest BCUT2D eigenvalue weighted by Gasteiger charge is 2.50. The molecule has 0 unspecified atom stereocenters. The zero-order chi connectivity index (χ0) is 31.1. The smallest absolute Gasteiger partial charge is 0.257 e. The number of rotatable bonds is 6. The minimum absolute atomic E-state index is 0.0580. The zero-order valence-corrected chi connectivity index (χ0v) is 25.8. The first-order chi connectivity index (χ1) is 21.9. The number of aryl methyl sites for hydroxylation is 2. The van der Waals surface area contributed by atoms with Crippen molar-refractivity contribution in [1.82, 2.24) is 14.7 Å². The number of likely N-dealkylation sites (tertiary alicyclic amines) is 1. The average molecular weight is 610 g/mol. The van der Waals surface area contributed by atoms with Crippen molar-refractivity contribution in [3.05, 3.63) is 89.4 Å². The number of piperidine rings is 1. The van der Waals surface area contributed by atoms with Crippen molar-refractivity contribution in [2.45, 2.75) is 63.6 Å². The van der Waals surface area contributed by atoms with Gasteiger partial charge in [-0.3, -0.25) is 14.3 Å². The summed E-state index contributed by atoms with van der Waals surface area (Å²) in [7, 11) is 1.89. The van der Waals surface area contributed by atoms with E-state index in [-0.39, 0.29) is 29.3 Å². The predicted octanol–water partition coefficient (Wildman–Crippen LogP) is 6.62.